The summed E-state index contributed by atoms with van der Waals surface area (Å²) < 4.78 is 30.0. The molecule has 0 radical (unpaired) electrons. The van der Waals surface area contributed by atoms with E-state index < -0.39 is 15.9 Å². The van der Waals surface area contributed by atoms with Gasteiger partial charge in [0, 0.05) is 37.5 Å². The highest BCUT2D eigenvalue weighted by molar-refractivity contribution is 7.89. The number of likely N-dealkylation sites (N-methyl/N-ethyl adjacent to an activating group) is 1. The number of nitrogens with one attached hydrogen (secondary N) is 1. The lowest BCUT2D eigenvalue weighted by Gasteiger charge is -2.20. The van der Waals surface area contributed by atoms with Gasteiger partial charge in [-0.3, -0.25) is 4.79 Å². The first-order valence-electron chi connectivity index (χ1n) is 11.5. The second-order valence-corrected chi connectivity index (χ2v) is 10.2. The number of hydrogen-bond acceptors (Lipinski definition) is 5. The molecule has 4 rings (SSSR count). The smallest absolute Gasteiger partial charge is 0.261 e. The quantitative estimate of drug-likeness (QED) is 0.419. The lowest BCUT2D eigenvalue weighted by atomic mass is 10.1. The van der Waals surface area contributed by atoms with Crippen molar-refractivity contribution in [2.24, 2.45) is 0 Å². The maximum absolute atomic E-state index is 13.4. The van der Waals surface area contributed by atoms with E-state index in [0.29, 0.717) is 29.9 Å². The highest BCUT2D eigenvalue weighted by atomic mass is 32.2. The highest BCUT2D eigenvalue weighted by Gasteiger charge is 2.26. The van der Waals surface area contributed by atoms with E-state index in [0.717, 1.165) is 31.4 Å². The first-order chi connectivity index (χ1) is 16.9. The Bertz CT molecular complexity index is 1380. The molecule has 1 amide bonds. The molecule has 8 nitrogen and oxygen atoms in total. The summed E-state index contributed by atoms with van der Waals surface area (Å²) in [5.74, 6) is -0.511. The van der Waals surface area contributed by atoms with Gasteiger partial charge in [0.2, 0.25) is 10.0 Å². The Morgan fingerprint density at radius 3 is 2.43 bits per heavy atom. The standard InChI is InChI=1S/C26H27N5O3S/c1-28-26(32)21(18-27)16-22-19-31(23-11-5-4-6-12-23)29-25(22)20-10-9-13-24(17-20)35(33,34)30-14-7-2-3-8-15-30/h4-6,9-13,16-17,19H,2-3,7-8,14-15H2,1H3,(H,28,32). The molecule has 0 aliphatic carbocycles. The van der Waals surface area contributed by atoms with Crippen molar-refractivity contribution in [1.82, 2.24) is 19.4 Å². The highest BCUT2D eigenvalue weighted by Crippen LogP contribution is 2.29. The number of nitriles is 1. The van der Waals surface area contributed by atoms with Gasteiger partial charge in [0.05, 0.1) is 10.6 Å². The number of sulfonamides is 1. The van der Waals surface area contributed by atoms with E-state index in [1.807, 2.05) is 36.4 Å². The van der Waals surface area contributed by atoms with Crippen LogP contribution in [0.3, 0.4) is 0 Å². The largest absolute Gasteiger partial charge is 0.354 e. The Morgan fingerprint density at radius 2 is 1.77 bits per heavy atom. The third kappa shape index (κ3) is 5.34. The minimum atomic E-state index is -3.65. The van der Waals surface area contributed by atoms with E-state index >= 15 is 0 Å². The molecule has 0 unspecified atom stereocenters. The van der Waals surface area contributed by atoms with Gasteiger partial charge < -0.3 is 5.32 Å². The third-order valence-electron chi connectivity index (χ3n) is 5.97. The zero-order valence-electron chi connectivity index (χ0n) is 19.5. The SMILES string of the molecule is CNC(=O)C(C#N)=Cc1cn(-c2ccccc2)nc1-c1cccc(S(=O)(=O)N2CCCCCC2)c1. The van der Waals surface area contributed by atoms with Gasteiger partial charge in [-0.15, -0.1) is 0 Å². The minimum absolute atomic E-state index is 0.0743. The Hall–Kier alpha value is -3.74. The fourth-order valence-electron chi connectivity index (χ4n) is 4.10. The molecule has 1 saturated heterocycles. The van der Waals surface area contributed by atoms with Crippen LogP contribution in [0.5, 0.6) is 0 Å². The van der Waals surface area contributed by atoms with Crippen LogP contribution in [0, 0.1) is 11.3 Å². The Labute approximate surface area is 205 Å². The Morgan fingerprint density at radius 1 is 1.06 bits per heavy atom. The predicted octanol–water partition coefficient (Wildman–Crippen LogP) is 3.76. The summed E-state index contributed by atoms with van der Waals surface area (Å²) in [6, 6.07) is 18.0. The molecule has 2 aromatic carbocycles. The van der Waals surface area contributed by atoms with Crippen LogP contribution in [-0.4, -0.2) is 48.5 Å². The molecule has 180 valence electrons. The predicted molar refractivity (Wildman–Crippen MR) is 134 cm³/mol. The van der Waals surface area contributed by atoms with E-state index in [1.165, 1.54) is 13.1 Å². The Balaban J connectivity index is 1.82. The summed E-state index contributed by atoms with van der Waals surface area (Å²) in [6.45, 7) is 1.03. The van der Waals surface area contributed by atoms with E-state index in [9.17, 15) is 18.5 Å². The van der Waals surface area contributed by atoms with Crippen LogP contribution in [-0.2, 0) is 14.8 Å². The fourth-order valence-corrected chi connectivity index (χ4v) is 5.67. The monoisotopic (exact) mass is 489 g/mol. The molecule has 2 heterocycles. The average molecular weight is 490 g/mol. The molecule has 0 saturated carbocycles. The molecule has 1 aliphatic heterocycles. The zero-order valence-corrected chi connectivity index (χ0v) is 20.3. The van der Waals surface area contributed by atoms with Gasteiger partial charge in [0.15, 0.2) is 0 Å². The van der Waals surface area contributed by atoms with Crippen molar-refractivity contribution in [3.05, 3.63) is 71.9 Å². The molecule has 1 N–H and O–H groups in total. The van der Waals surface area contributed by atoms with E-state index in [1.54, 1.807) is 39.4 Å². The molecule has 0 bridgehead atoms. The number of hydrogen-bond donors (Lipinski definition) is 1. The topological polar surface area (TPSA) is 108 Å². The van der Waals surface area contributed by atoms with Gasteiger partial charge in [-0.1, -0.05) is 43.2 Å². The van der Waals surface area contributed by atoms with Gasteiger partial charge >= 0.3 is 0 Å². The summed E-state index contributed by atoms with van der Waals surface area (Å²) in [5, 5.41) is 16.7. The first-order valence-corrected chi connectivity index (χ1v) is 13.0. The molecule has 0 spiro atoms. The van der Waals surface area contributed by atoms with Gasteiger partial charge in [-0.2, -0.15) is 14.7 Å². The van der Waals surface area contributed by atoms with Crippen LogP contribution in [0.1, 0.15) is 31.2 Å². The van der Waals surface area contributed by atoms with Crippen LogP contribution in [0.25, 0.3) is 23.0 Å². The molecular formula is C26H27N5O3S. The maximum Gasteiger partial charge on any atom is 0.261 e. The maximum atomic E-state index is 13.4. The number of amides is 1. The normalized spacial score (nSPS) is 15.3. The summed E-state index contributed by atoms with van der Waals surface area (Å²) in [4.78, 5) is 12.3. The van der Waals surface area contributed by atoms with Crippen LogP contribution < -0.4 is 5.32 Å². The molecular weight excluding hydrogens is 462 g/mol. The van der Waals surface area contributed by atoms with Crippen molar-refractivity contribution in [2.75, 3.05) is 20.1 Å². The number of para-hydroxylation sites is 1. The van der Waals surface area contributed by atoms with Crippen molar-refractivity contribution >= 4 is 22.0 Å². The van der Waals surface area contributed by atoms with Crippen LogP contribution in [0.4, 0.5) is 0 Å². The van der Waals surface area contributed by atoms with Crippen molar-refractivity contribution in [3.8, 4) is 23.0 Å². The second kappa shape index (κ2) is 10.7. The van der Waals surface area contributed by atoms with E-state index in [2.05, 4.69) is 5.32 Å². The second-order valence-electron chi connectivity index (χ2n) is 8.31. The van der Waals surface area contributed by atoms with Crippen molar-refractivity contribution in [3.63, 3.8) is 0 Å². The third-order valence-corrected chi connectivity index (χ3v) is 7.86. The molecule has 35 heavy (non-hydrogen) atoms. The number of nitrogens with zero attached hydrogens (tertiary/aromatic N) is 4. The Kier molecular flexibility index (Phi) is 7.44. The molecule has 9 heteroatoms. The van der Waals surface area contributed by atoms with Crippen molar-refractivity contribution in [1.29, 1.82) is 5.26 Å². The summed E-state index contributed by atoms with van der Waals surface area (Å²) in [6.07, 6.45) is 6.96. The number of rotatable bonds is 6. The number of aromatic nitrogens is 2. The molecule has 1 fully saturated rings. The van der Waals surface area contributed by atoms with Gasteiger partial charge in [0.25, 0.3) is 5.91 Å². The number of benzene rings is 2. The number of carbonyl (C=O) groups excluding carboxylic acids is 1. The molecule has 0 atom stereocenters. The minimum Gasteiger partial charge on any atom is -0.354 e. The first kappa shape index (κ1) is 24.4. The molecule has 3 aromatic rings. The summed E-state index contributed by atoms with van der Waals surface area (Å²) >= 11 is 0. The fraction of sp³-hybridized carbons (Fsp3) is 0.269. The molecule has 1 aromatic heterocycles. The van der Waals surface area contributed by atoms with Gasteiger partial charge in [0.1, 0.15) is 17.3 Å². The van der Waals surface area contributed by atoms with E-state index in [-0.39, 0.29) is 10.5 Å². The van der Waals surface area contributed by atoms with Crippen LogP contribution in [0.2, 0.25) is 0 Å². The van der Waals surface area contributed by atoms with Crippen LogP contribution >= 0.6 is 0 Å². The zero-order chi connectivity index (χ0) is 24.8. The van der Waals surface area contributed by atoms with Crippen molar-refractivity contribution < 1.29 is 13.2 Å². The average Bonchev–Trinajstić information content (AvgIpc) is 3.11. The number of carbonyl (C=O) groups is 1. The van der Waals surface area contributed by atoms with E-state index in [4.69, 9.17) is 5.10 Å². The lowest BCUT2D eigenvalue weighted by Crippen LogP contribution is -2.31. The van der Waals surface area contributed by atoms with Crippen molar-refractivity contribution in [2.45, 2.75) is 30.6 Å². The summed E-state index contributed by atoms with van der Waals surface area (Å²) in [7, 11) is -2.19. The molecule has 1 aliphatic rings. The lowest BCUT2D eigenvalue weighted by molar-refractivity contribution is -0.116. The van der Waals surface area contributed by atoms with Crippen LogP contribution in [0.15, 0.2) is 71.3 Å². The van der Waals surface area contributed by atoms with Gasteiger partial charge in [-0.25, -0.2) is 13.1 Å². The summed E-state index contributed by atoms with van der Waals surface area (Å²) in [5.41, 5.74) is 2.29. The van der Waals surface area contributed by atoms with Gasteiger partial charge in [-0.05, 0) is 43.2 Å².